The van der Waals surface area contributed by atoms with Gasteiger partial charge in [0.15, 0.2) is 0 Å². The number of rotatable bonds is 8. The molecular weight excluding hydrogens is 493 g/mol. The first-order valence-corrected chi connectivity index (χ1v) is 12.5. The molecule has 3 aliphatic rings. The molecule has 8 rings (SSSR count). The predicted octanol–water partition coefficient (Wildman–Crippen LogP) is 4.65. The molecule has 5 aromatic heterocycles. The number of aromatic nitrogens is 7. The lowest BCUT2D eigenvalue weighted by Gasteiger charge is -2.70. The minimum Gasteiger partial charge on any atom is -0.322 e. The summed E-state index contributed by atoms with van der Waals surface area (Å²) >= 11 is 0. The topological polar surface area (TPSA) is 77.9 Å². The van der Waals surface area contributed by atoms with Crippen LogP contribution in [0.5, 0.6) is 0 Å². The largest absolute Gasteiger partial charge is 0.394 e. The van der Waals surface area contributed by atoms with Crippen LogP contribution >= 0.6 is 0 Å². The molecule has 3 fully saturated rings. The highest BCUT2D eigenvalue weighted by atomic mass is 19.4. The third-order valence-electron chi connectivity index (χ3n) is 7.92. The van der Waals surface area contributed by atoms with Gasteiger partial charge in [-0.2, -0.15) is 13.2 Å². The molecule has 0 aliphatic heterocycles. The minimum atomic E-state index is -4.06. The third-order valence-corrected chi connectivity index (χ3v) is 7.92. The van der Waals surface area contributed by atoms with E-state index in [-0.39, 0.29) is 24.7 Å². The fraction of sp³-hybridized carbons (Fsp3) is 0.333. The average molecular weight is 519 g/mol. The molecule has 0 unspecified atom stereocenters. The van der Waals surface area contributed by atoms with Gasteiger partial charge < -0.3 is 14.3 Å². The molecule has 5 aromatic rings. The van der Waals surface area contributed by atoms with Crippen molar-refractivity contribution in [2.75, 3.05) is 6.54 Å². The fourth-order valence-corrected chi connectivity index (χ4v) is 6.12. The van der Waals surface area contributed by atoms with Gasteiger partial charge in [-0.05, 0) is 54.5 Å². The molecule has 5 heterocycles. The van der Waals surface area contributed by atoms with Gasteiger partial charge in [-0.1, -0.05) is 11.3 Å². The summed E-state index contributed by atoms with van der Waals surface area (Å²) < 4.78 is 44.9. The Morgan fingerprint density at radius 2 is 1.82 bits per heavy atom. The third kappa shape index (κ3) is 3.89. The Labute approximate surface area is 216 Å². The minimum absolute atomic E-state index is 0.169. The van der Waals surface area contributed by atoms with E-state index >= 15 is 0 Å². The fourth-order valence-electron chi connectivity index (χ4n) is 6.12. The van der Waals surface area contributed by atoms with Crippen LogP contribution in [-0.2, 0) is 13.1 Å². The van der Waals surface area contributed by atoms with Crippen molar-refractivity contribution >= 4 is 5.65 Å². The summed E-state index contributed by atoms with van der Waals surface area (Å²) in [5, 5.41) is 12.0. The van der Waals surface area contributed by atoms with Crippen LogP contribution in [-0.4, -0.2) is 46.7 Å². The molecule has 0 spiro atoms. The second kappa shape index (κ2) is 8.26. The lowest BCUT2D eigenvalue weighted by Crippen LogP contribution is -2.70. The van der Waals surface area contributed by atoms with Crippen LogP contribution in [0.15, 0.2) is 73.7 Å². The highest BCUT2D eigenvalue weighted by molar-refractivity contribution is 5.59. The van der Waals surface area contributed by atoms with Gasteiger partial charge in [0, 0.05) is 49.6 Å². The van der Waals surface area contributed by atoms with Gasteiger partial charge in [-0.3, -0.25) is 4.98 Å². The predicted molar refractivity (Wildman–Crippen MR) is 133 cm³/mol. The molecule has 0 aromatic carbocycles. The molecule has 0 amide bonds. The molecule has 1 N–H and O–H groups in total. The van der Waals surface area contributed by atoms with Gasteiger partial charge in [0.2, 0.25) is 0 Å². The summed E-state index contributed by atoms with van der Waals surface area (Å²) in [6.07, 6.45) is 10.1. The number of pyridine rings is 2. The molecule has 194 valence electrons. The van der Waals surface area contributed by atoms with Crippen LogP contribution in [0.3, 0.4) is 0 Å². The maximum atomic E-state index is 13.1. The van der Waals surface area contributed by atoms with Gasteiger partial charge >= 0.3 is 6.18 Å². The molecular formula is C27H25F3N8. The van der Waals surface area contributed by atoms with E-state index in [1.165, 1.54) is 0 Å². The monoisotopic (exact) mass is 518 g/mol. The van der Waals surface area contributed by atoms with Gasteiger partial charge in [0.05, 0.1) is 35.7 Å². The van der Waals surface area contributed by atoms with Crippen molar-refractivity contribution in [3.63, 3.8) is 0 Å². The maximum Gasteiger partial charge on any atom is 0.394 e. The molecule has 3 aliphatic carbocycles. The SMILES string of the molecule is FC(F)(F)C12CC(CNCc3ccc4nc(Cn5cc(-c6cncc(-n7cccc7)c6)nn5)cn4c3)(C1)C2. The van der Waals surface area contributed by atoms with Gasteiger partial charge in [0.1, 0.15) is 11.3 Å². The van der Waals surface area contributed by atoms with E-state index in [0.717, 1.165) is 33.8 Å². The van der Waals surface area contributed by atoms with Gasteiger partial charge in [-0.15, -0.1) is 5.10 Å². The lowest BCUT2D eigenvalue weighted by atomic mass is 9.35. The van der Waals surface area contributed by atoms with Crippen LogP contribution in [0, 0.1) is 10.8 Å². The Bertz CT molecular complexity index is 1600. The van der Waals surface area contributed by atoms with Crippen LogP contribution in [0.25, 0.3) is 22.6 Å². The summed E-state index contributed by atoms with van der Waals surface area (Å²) in [5.41, 5.74) is 3.71. The van der Waals surface area contributed by atoms with Crippen molar-refractivity contribution in [3.8, 4) is 16.9 Å². The number of fused-ring (bicyclic) bond motifs is 1. The summed E-state index contributed by atoms with van der Waals surface area (Å²) in [4.78, 5) is 9.03. The van der Waals surface area contributed by atoms with E-state index < -0.39 is 11.6 Å². The zero-order valence-electron chi connectivity index (χ0n) is 20.4. The van der Waals surface area contributed by atoms with E-state index in [9.17, 15) is 13.2 Å². The van der Waals surface area contributed by atoms with E-state index in [1.807, 2.05) is 70.3 Å². The van der Waals surface area contributed by atoms with Crippen LogP contribution in [0.1, 0.15) is 30.5 Å². The van der Waals surface area contributed by atoms with Crippen molar-refractivity contribution in [1.82, 2.24) is 39.2 Å². The number of halogens is 3. The number of alkyl halides is 3. The average Bonchev–Trinajstić information content (AvgIpc) is 3.60. The number of imidazole rings is 1. The van der Waals surface area contributed by atoms with E-state index in [4.69, 9.17) is 0 Å². The summed E-state index contributed by atoms with van der Waals surface area (Å²) in [7, 11) is 0. The molecule has 0 radical (unpaired) electrons. The highest BCUT2D eigenvalue weighted by Gasteiger charge is 2.77. The van der Waals surface area contributed by atoms with Crippen molar-refractivity contribution < 1.29 is 13.2 Å². The molecule has 38 heavy (non-hydrogen) atoms. The molecule has 0 atom stereocenters. The smallest absolute Gasteiger partial charge is 0.322 e. The zero-order valence-corrected chi connectivity index (χ0v) is 20.4. The summed E-state index contributed by atoms with van der Waals surface area (Å²) in [5.74, 6) is 0. The summed E-state index contributed by atoms with van der Waals surface area (Å²) in [6, 6.07) is 9.89. The van der Waals surface area contributed by atoms with Crippen LogP contribution in [0.4, 0.5) is 13.2 Å². The molecule has 2 bridgehead atoms. The second-order valence-corrected chi connectivity index (χ2v) is 10.8. The molecule has 11 heteroatoms. The summed E-state index contributed by atoms with van der Waals surface area (Å²) in [6.45, 7) is 1.69. The molecule has 3 saturated carbocycles. The standard InChI is InChI=1S/C27H25F3N8/c28-27(29,30)26-15-25(16-26,17-26)18-32-8-19-3-4-24-33-21(12-37(24)11-19)13-38-14-23(34-35-38)20-7-22(10-31-9-20)36-5-1-2-6-36/h1-7,9-12,14,32H,8,13,15-18H2. The number of nitrogens with zero attached hydrogens (tertiary/aromatic N) is 7. The van der Waals surface area contributed by atoms with Crippen molar-refractivity contribution in [1.29, 1.82) is 0 Å². The first kappa shape index (κ1) is 23.2. The first-order chi connectivity index (χ1) is 18.3. The quantitative estimate of drug-likeness (QED) is 0.324. The van der Waals surface area contributed by atoms with E-state index in [1.54, 1.807) is 17.1 Å². The zero-order chi connectivity index (χ0) is 26.0. The Balaban J connectivity index is 0.985. The van der Waals surface area contributed by atoms with Crippen molar-refractivity contribution in [3.05, 3.63) is 85.0 Å². The number of hydrogen-bond acceptors (Lipinski definition) is 5. The van der Waals surface area contributed by atoms with E-state index in [2.05, 4.69) is 25.6 Å². The van der Waals surface area contributed by atoms with Crippen LogP contribution in [0.2, 0.25) is 0 Å². The number of nitrogens with one attached hydrogen (secondary N) is 1. The lowest BCUT2D eigenvalue weighted by molar-refractivity contribution is -0.361. The van der Waals surface area contributed by atoms with E-state index in [0.29, 0.717) is 19.6 Å². The Hall–Kier alpha value is -3.99. The normalized spacial score (nSPS) is 22.4. The van der Waals surface area contributed by atoms with Crippen molar-refractivity contribution in [2.45, 2.75) is 38.5 Å². The highest BCUT2D eigenvalue weighted by Crippen LogP contribution is 2.78. The molecule has 0 saturated heterocycles. The Kier molecular flexibility index (Phi) is 5.03. The molecule has 8 nitrogen and oxygen atoms in total. The van der Waals surface area contributed by atoms with Gasteiger partial charge in [0.25, 0.3) is 0 Å². The van der Waals surface area contributed by atoms with Crippen molar-refractivity contribution in [2.24, 2.45) is 10.8 Å². The Morgan fingerprint density at radius 1 is 1.00 bits per heavy atom. The second-order valence-electron chi connectivity index (χ2n) is 10.8. The number of hydrogen-bond donors (Lipinski definition) is 1. The maximum absolute atomic E-state index is 13.1. The first-order valence-electron chi connectivity index (χ1n) is 12.5. The van der Waals surface area contributed by atoms with Gasteiger partial charge in [-0.25, -0.2) is 9.67 Å². The Morgan fingerprint density at radius 3 is 2.61 bits per heavy atom. The van der Waals surface area contributed by atoms with Crippen LogP contribution < -0.4 is 5.32 Å².